The second-order valence-corrected chi connectivity index (χ2v) is 8.18. The first-order valence-electron chi connectivity index (χ1n) is 9.37. The third-order valence-corrected chi connectivity index (χ3v) is 5.82. The van der Waals surface area contributed by atoms with E-state index < -0.39 is 0 Å². The molecule has 2 aromatic carbocycles. The maximum Gasteiger partial charge on any atom is 0.243 e. The maximum absolute atomic E-state index is 12.4. The monoisotopic (exact) mass is 425 g/mol. The summed E-state index contributed by atoms with van der Waals surface area (Å²) in [6.07, 6.45) is 0.820. The summed E-state index contributed by atoms with van der Waals surface area (Å²) in [7, 11) is 0. The average Bonchev–Trinajstić information content (AvgIpc) is 3.07. The number of aromatic nitrogens is 1. The molecule has 150 valence electrons. The minimum Gasteiger partial charge on any atom is -0.345 e. The zero-order chi connectivity index (χ0) is 20.8. The van der Waals surface area contributed by atoms with Crippen LogP contribution in [-0.2, 0) is 22.6 Å². The molecular formula is C22H23N3O2S2. The van der Waals surface area contributed by atoms with E-state index in [9.17, 15) is 9.59 Å². The predicted octanol–water partition coefficient (Wildman–Crippen LogP) is 4.57. The van der Waals surface area contributed by atoms with Crippen LogP contribution in [0.1, 0.15) is 18.1 Å². The number of hydrogen-bond acceptors (Lipinski definition) is 4. The summed E-state index contributed by atoms with van der Waals surface area (Å²) in [4.78, 5) is 24.7. The van der Waals surface area contributed by atoms with E-state index in [0.29, 0.717) is 3.95 Å². The Morgan fingerprint density at radius 1 is 1.07 bits per heavy atom. The highest BCUT2D eigenvalue weighted by molar-refractivity contribution is 7.73. The zero-order valence-corrected chi connectivity index (χ0v) is 18.0. The lowest BCUT2D eigenvalue weighted by Gasteiger charge is -2.12. The molecule has 0 aliphatic rings. The van der Waals surface area contributed by atoms with Crippen molar-refractivity contribution in [3.8, 4) is 11.3 Å². The van der Waals surface area contributed by atoms with Gasteiger partial charge >= 0.3 is 0 Å². The molecule has 0 unspecified atom stereocenters. The molecule has 1 heterocycles. The van der Waals surface area contributed by atoms with Crippen LogP contribution in [-0.4, -0.2) is 22.9 Å². The number of nitrogens with one attached hydrogen (secondary N) is 2. The largest absolute Gasteiger partial charge is 0.345 e. The van der Waals surface area contributed by atoms with Gasteiger partial charge in [-0.25, -0.2) is 0 Å². The second kappa shape index (κ2) is 9.62. The molecule has 3 aromatic rings. The number of thiazole rings is 1. The van der Waals surface area contributed by atoms with Crippen molar-refractivity contribution in [1.82, 2.24) is 9.88 Å². The first-order chi connectivity index (χ1) is 14.0. The van der Waals surface area contributed by atoms with Crippen LogP contribution < -0.4 is 10.6 Å². The molecule has 2 N–H and O–H groups in total. The molecule has 7 heteroatoms. The number of aryl methyl sites for hydroxylation is 2. The Kier molecular flexibility index (Phi) is 6.95. The fraction of sp³-hybridized carbons (Fsp3) is 0.227. The second-order valence-electron chi connectivity index (χ2n) is 6.67. The van der Waals surface area contributed by atoms with Crippen LogP contribution in [0.25, 0.3) is 11.3 Å². The summed E-state index contributed by atoms with van der Waals surface area (Å²) in [6, 6.07) is 15.7. The van der Waals surface area contributed by atoms with Crippen molar-refractivity contribution in [3.63, 3.8) is 0 Å². The molecule has 5 nitrogen and oxygen atoms in total. The Bertz CT molecular complexity index is 1070. The Balaban J connectivity index is 1.61. The number of hydrogen-bond donors (Lipinski definition) is 2. The molecule has 0 aliphatic carbocycles. The highest BCUT2D eigenvalue weighted by Gasteiger charge is 2.12. The molecule has 0 atom stereocenters. The van der Waals surface area contributed by atoms with Crippen LogP contribution in [0.15, 0.2) is 53.9 Å². The van der Waals surface area contributed by atoms with Crippen molar-refractivity contribution in [3.05, 3.63) is 69.0 Å². The van der Waals surface area contributed by atoms with E-state index in [2.05, 4.69) is 10.6 Å². The van der Waals surface area contributed by atoms with Crippen LogP contribution in [0.4, 0.5) is 5.69 Å². The van der Waals surface area contributed by atoms with E-state index >= 15 is 0 Å². The summed E-state index contributed by atoms with van der Waals surface area (Å²) in [5.41, 5.74) is 4.90. The summed E-state index contributed by atoms with van der Waals surface area (Å²) >= 11 is 6.81. The highest BCUT2D eigenvalue weighted by atomic mass is 32.1. The van der Waals surface area contributed by atoms with Crippen molar-refractivity contribution in [1.29, 1.82) is 0 Å². The number of carbonyl (C=O) groups is 2. The first kappa shape index (κ1) is 21.0. The topological polar surface area (TPSA) is 63.1 Å². The Morgan fingerprint density at radius 3 is 2.52 bits per heavy atom. The van der Waals surface area contributed by atoms with Gasteiger partial charge in [0.15, 0.2) is 3.95 Å². The third-order valence-electron chi connectivity index (χ3n) is 4.55. The Morgan fingerprint density at radius 2 is 1.79 bits per heavy atom. The van der Waals surface area contributed by atoms with E-state index in [4.69, 9.17) is 12.2 Å². The minimum atomic E-state index is -0.258. The molecule has 1 aromatic heterocycles. The molecule has 0 saturated carbocycles. The summed E-state index contributed by atoms with van der Waals surface area (Å²) in [5.74, 6) is -0.515. The summed E-state index contributed by atoms with van der Waals surface area (Å²) in [5, 5.41) is 7.48. The van der Waals surface area contributed by atoms with Crippen molar-refractivity contribution in [2.45, 2.75) is 26.8 Å². The molecular weight excluding hydrogens is 402 g/mol. The number of benzene rings is 2. The lowest BCUT2D eigenvalue weighted by Crippen LogP contribution is -2.35. The first-order valence-corrected chi connectivity index (χ1v) is 10.7. The number of nitrogens with zero attached hydrogens (tertiary/aromatic N) is 1. The quantitative estimate of drug-likeness (QED) is 0.545. The maximum atomic E-state index is 12.4. The van der Waals surface area contributed by atoms with Crippen LogP contribution in [0.5, 0.6) is 0 Å². The van der Waals surface area contributed by atoms with Crippen LogP contribution in [0, 0.1) is 10.9 Å². The molecule has 0 fully saturated rings. The van der Waals surface area contributed by atoms with Crippen molar-refractivity contribution in [2.75, 3.05) is 11.9 Å². The van der Waals surface area contributed by atoms with Gasteiger partial charge in [0.05, 0.1) is 12.2 Å². The smallest absolute Gasteiger partial charge is 0.243 e. The van der Waals surface area contributed by atoms with Crippen LogP contribution >= 0.6 is 23.6 Å². The number of para-hydroxylation sites is 1. The average molecular weight is 426 g/mol. The zero-order valence-electron chi connectivity index (χ0n) is 16.4. The number of amides is 2. The van der Waals surface area contributed by atoms with Gasteiger partial charge in [0, 0.05) is 11.1 Å². The predicted molar refractivity (Wildman–Crippen MR) is 121 cm³/mol. The van der Waals surface area contributed by atoms with E-state index in [-0.39, 0.29) is 24.9 Å². The number of rotatable bonds is 7. The lowest BCUT2D eigenvalue weighted by molar-refractivity contribution is -0.124. The lowest BCUT2D eigenvalue weighted by atomic mass is 10.1. The standard InChI is InChI=1S/C22H23N3O2S2/c1-3-16-6-4-5-7-18(16)24-20(26)12-23-21(27)13-25-19(14-29-22(25)28)17-10-8-15(2)9-11-17/h4-11,14H,3,12-13H2,1-2H3,(H,23,27)(H,24,26). The molecule has 3 rings (SSSR count). The Labute approximate surface area is 179 Å². The van der Waals surface area contributed by atoms with Gasteiger partial charge in [-0.1, -0.05) is 55.0 Å². The Hall–Kier alpha value is -2.77. The van der Waals surface area contributed by atoms with Gasteiger partial charge in [-0.3, -0.25) is 9.59 Å². The molecule has 0 saturated heterocycles. The molecule has 0 bridgehead atoms. The molecule has 0 spiro atoms. The third kappa shape index (κ3) is 5.40. The normalized spacial score (nSPS) is 10.6. The summed E-state index contributed by atoms with van der Waals surface area (Å²) in [6.45, 7) is 4.04. The van der Waals surface area contributed by atoms with Gasteiger partial charge in [0.1, 0.15) is 6.54 Å². The van der Waals surface area contributed by atoms with Gasteiger partial charge in [-0.05, 0) is 42.8 Å². The molecule has 2 amide bonds. The SMILES string of the molecule is CCc1ccccc1NC(=O)CNC(=O)Cn1c(-c2ccc(C)cc2)csc1=S. The molecule has 0 aliphatic heterocycles. The number of anilines is 1. The van der Waals surface area contributed by atoms with Crippen molar-refractivity contribution < 1.29 is 9.59 Å². The number of carbonyl (C=O) groups excluding carboxylic acids is 2. The van der Waals surface area contributed by atoms with Gasteiger partial charge in [0.2, 0.25) is 11.8 Å². The fourth-order valence-corrected chi connectivity index (χ4v) is 4.03. The molecule has 0 radical (unpaired) electrons. The van der Waals surface area contributed by atoms with E-state index in [1.807, 2.05) is 67.8 Å². The van der Waals surface area contributed by atoms with Crippen LogP contribution in [0.2, 0.25) is 0 Å². The van der Waals surface area contributed by atoms with Gasteiger partial charge in [-0.15, -0.1) is 11.3 Å². The van der Waals surface area contributed by atoms with Gasteiger partial charge < -0.3 is 15.2 Å². The van der Waals surface area contributed by atoms with E-state index in [1.165, 1.54) is 16.9 Å². The van der Waals surface area contributed by atoms with E-state index in [1.54, 1.807) is 4.57 Å². The highest BCUT2D eigenvalue weighted by Crippen LogP contribution is 2.24. The van der Waals surface area contributed by atoms with Crippen molar-refractivity contribution in [2.24, 2.45) is 0 Å². The minimum absolute atomic E-state index is 0.0738. The van der Waals surface area contributed by atoms with Gasteiger partial charge in [-0.2, -0.15) is 0 Å². The van der Waals surface area contributed by atoms with Crippen LogP contribution in [0.3, 0.4) is 0 Å². The summed E-state index contributed by atoms with van der Waals surface area (Å²) < 4.78 is 2.42. The fourth-order valence-electron chi connectivity index (χ4n) is 2.95. The van der Waals surface area contributed by atoms with Gasteiger partial charge in [0.25, 0.3) is 0 Å². The molecule has 29 heavy (non-hydrogen) atoms. The van der Waals surface area contributed by atoms with Crippen molar-refractivity contribution >= 4 is 41.1 Å². The van der Waals surface area contributed by atoms with E-state index in [0.717, 1.165) is 28.9 Å².